The second-order valence-electron chi connectivity index (χ2n) is 5.85. The van der Waals surface area contributed by atoms with Crippen molar-refractivity contribution < 1.29 is 4.79 Å². The van der Waals surface area contributed by atoms with Crippen molar-refractivity contribution in [3.8, 4) is 10.6 Å². The van der Waals surface area contributed by atoms with Gasteiger partial charge in [0.25, 0.3) is 5.91 Å². The van der Waals surface area contributed by atoms with Gasteiger partial charge in [-0.2, -0.15) is 0 Å². The first kappa shape index (κ1) is 16.3. The number of carbonyl (C=O) groups is 1. The van der Waals surface area contributed by atoms with Gasteiger partial charge in [0, 0.05) is 18.0 Å². The molecule has 124 valence electrons. The average Bonchev–Trinajstić information content (AvgIpc) is 3.16. The van der Waals surface area contributed by atoms with Crippen LogP contribution < -0.4 is 5.32 Å². The lowest BCUT2D eigenvalue weighted by Crippen LogP contribution is -2.28. The van der Waals surface area contributed by atoms with Gasteiger partial charge in [-0.3, -0.25) is 4.79 Å². The Morgan fingerprint density at radius 3 is 2.79 bits per heavy atom. The molecule has 2 heterocycles. The molecule has 7 heteroatoms. The van der Waals surface area contributed by atoms with Crippen LogP contribution in [-0.4, -0.2) is 25.7 Å². The minimum atomic E-state index is -0.240. The fourth-order valence-corrected chi connectivity index (χ4v) is 3.46. The molecule has 3 aromatic rings. The highest BCUT2D eigenvalue weighted by Gasteiger charge is 2.18. The highest BCUT2D eigenvalue weighted by atomic mass is 32.1. The lowest BCUT2D eigenvalue weighted by molar-refractivity contribution is 0.0933. The van der Waals surface area contributed by atoms with Crippen LogP contribution in [0.2, 0.25) is 0 Å². The number of aromatic nitrogens is 4. The van der Waals surface area contributed by atoms with Gasteiger partial charge in [-0.1, -0.05) is 23.8 Å². The Labute approximate surface area is 144 Å². The first-order valence-electron chi connectivity index (χ1n) is 7.63. The van der Waals surface area contributed by atoms with Gasteiger partial charge in [-0.05, 0) is 26.3 Å². The Morgan fingerprint density at radius 2 is 2.12 bits per heavy atom. The fraction of sp³-hybridized carbons (Fsp3) is 0.294. The van der Waals surface area contributed by atoms with Crippen LogP contribution in [0.4, 0.5) is 0 Å². The van der Waals surface area contributed by atoms with Crippen LogP contribution in [0.5, 0.6) is 0 Å². The molecular weight excluding hydrogens is 322 g/mol. The second-order valence-corrected chi connectivity index (χ2v) is 6.71. The van der Waals surface area contributed by atoms with Crippen LogP contribution in [0.25, 0.3) is 10.6 Å². The number of benzene rings is 1. The lowest BCUT2D eigenvalue weighted by Gasteiger charge is -2.11. The number of thiazole rings is 1. The van der Waals surface area contributed by atoms with E-state index in [4.69, 9.17) is 0 Å². The van der Waals surface area contributed by atoms with E-state index in [1.165, 1.54) is 16.9 Å². The molecule has 24 heavy (non-hydrogen) atoms. The molecule has 0 saturated carbocycles. The Bertz CT molecular complexity index is 883. The van der Waals surface area contributed by atoms with Crippen molar-refractivity contribution in [2.24, 2.45) is 7.05 Å². The van der Waals surface area contributed by atoms with E-state index in [1.54, 1.807) is 16.3 Å². The summed E-state index contributed by atoms with van der Waals surface area (Å²) in [5.74, 6) is 0.492. The van der Waals surface area contributed by atoms with Crippen LogP contribution >= 0.6 is 11.3 Å². The third-order valence-corrected chi connectivity index (χ3v) is 4.71. The minimum absolute atomic E-state index is 0.210. The number of nitrogens with zero attached hydrogens (tertiary/aromatic N) is 4. The standard InChI is InChI=1S/C17H19N5OS/c1-10-5-6-13(11(2)7-10)17-20-14(8-24-17)16(23)19-12(3)15-21-18-9-22(15)4/h5-9,12H,1-4H3,(H,19,23). The van der Waals surface area contributed by atoms with Crippen LogP contribution in [0.15, 0.2) is 29.9 Å². The molecule has 0 aliphatic carbocycles. The van der Waals surface area contributed by atoms with Crippen molar-refractivity contribution in [1.82, 2.24) is 25.1 Å². The molecule has 0 bridgehead atoms. The minimum Gasteiger partial charge on any atom is -0.341 e. The van der Waals surface area contributed by atoms with Crippen LogP contribution in [0.1, 0.15) is 40.4 Å². The summed E-state index contributed by atoms with van der Waals surface area (Å²) in [4.78, 5) is 16.9. The van der Waals surface area contributed by atoms with Crippen molar-refractivity contribution in [3.05, 3.63) is 52.6 Å². The predicted octanol–water partition coefficient (Wildman–Crippen LogP) is 3.05. The van der Waals surface area contributed by atoms with Gasteiger partial charge < -0.3 is 9.88 Å². The van der Waals surface area contributed by atoms with Crippen molar-refractivity contribution in [1.29, 1.82) is 0 Å². The average molecular weight is 341 g/mol. The molecule has 0 aliphatic rings. The van der Waals surface area contributed by atoms with Gasteiger partial charge in [0.1, 0.15) is 17.0 Å². The largest absolute Gasteiger partial charge is 0.341 e. The van der Waals surface area contributed by atoms with Crippen molar-refractivity contribution in [2.45, 2.75) is 26.8 Å². The monoisotopic (exact) mass is 341 g/mol. The van der Waals surface area contributed by atoms with E-state index in [1.807, 2.05) is 20.0 Å². The molecule has 2 aromatic heterocycles. The third-order valence-electron chi connectivity index (χ3n) is 3.83. The summed E-state index contributed by atoms with van der Waals surface area (Å²) in [6, 6.07) is 5.98. The van der Waals surface area contributed by atoms with E-state index in [0.717, 1.165) is 16.1 Å². The molecule has 0 aliphatic heterocycles. The fourth-order valence-electron chi connectivity index (χ4n) is 2.57. The number of nitrogens with one attached hydrogen (secondary N) is 1. The summed E-state index contributed by atoms with van der Waals surface area (Å²) < 4.78 is 1.78. The van der Waals surface area contributed by atoms with E-state index in [9.17, 15) is 4.79 Å². The molecule has 1 unspecified atom stereocenters. The molecular formula is C17H19N5OS. The highest BCUT2D eigenvalue weighted by molar-refractivity contribution is 7.13. The number of hydrogen-bond donors (Lipinski definition) is 1. The first-order valence-corrected chi connectivity index (χ1v) is 8.51. The SMILES string of the molecule is Cc1ccc(-c2nc(C(=O)NC(C)c3nncn3C)cs2)c(C)c1. The molecule has 0 fully saturated rings. The van der Waals surface area contributed by atoms with Gasteiger partial charge >= 0.3 is 0 Å². The summed E-state index contributed by atoms with van der Waals surface area (Å²) in [6.45, 7) is 5.99. The van der Waals surface area contributed by atoms with Crippen molar-refractivity contribution >= 4 is 17.2 Å². The summed E-state index contributed by atoms with van der Waals surface area (Å²) in [7, 11) is 1.85. The molecule has 1 N–H and O–H groups in total. The van der Waals surface area contributed by atoms with Crippen molar-refractivity contribution in [2.75, 3.05) is 0 Å². The van der Waals surface area contributed by atoms with Gasteiger partial charge in [0.15, 0.2) is 5.82 Å². The topological polar surface area (TPSA) is 72.7 Å². The normalized spacial score (nSPS) is 12.2. The molecule has 1 atom stereocenters. The number of rotatable bonds is 4. The maximum atomic E-state index is 12.4. The highest BCUT2D eigenvalue weighted by Crippen LogP contribution is 2.27. The molecule has 6 nitrogen and oxygen atoms in total. The Balaban J connectivity index is 1.77. The van der Waals surface area contributed by atoms with Crippen LogP contribution in [-0.2, 0) is 7.05 Å². The van der Waals surface area contributed by atoms with Gasteiger partial charge in [0.2, 0.25) is 0 Å². The van der Waals surface area contributed by atoms with E-state index in [0.29, 0.717) is 11.5 Å². The number of hydrogen-bond acceptors (Lipinski definition) is 5. The second kappa shape index (κ2) is 6.52. The maximum absolute atomic E-state index is 12.4. The summed E-state index contributed by atoms with van der Waals surface area (Å²) >= 11 is 1.47. The van der Waals surface area contributed by atoms with Gasteiger partial charge in [-0.25, -0.2) is 4.98 Å². The maximum Gasteiger partial charge on any atom is 0.271 e. The summed E-state index contributed by atoms with van der Waals surface area (Å²) in [5, 5.41) is 13.4. The molecule has 1 aromatic carbocycles. The van der Waals surface area contributed by atoms with Gasteiger partial charge in [-0.15, -0.1) is 21.5 Å². The van der Waals surface area contributed by atoms with E-state index < -0.39 is 0 Å². The van der Waals surface area contributed by atoms with E-state index >= 15 is 0 Å². The molecule has 0 saturated heterocycles. The van der Waals surface area contributed by atoms with Crippen molar-refractivity contribution in [3.63, 3.8) is 0 Å². The van der Waals surface area contributed by atoms with E-state index in [-0.39, 0.29) is 11.9 Å². The number of carbonyl (C=O) groups excluding carboxylic acids is 1. The van der Waals surface area contributed by atoms with Crippen LogP contribution in [0, 0.1) is 13.8 Å². The summed E-state index contributed by atoms with van der Waals surface area (Å²) in [6.07, 6.45) is 1.61. The van der Waals surface area contributed by atoms with Crippen LogP contribution in [0.3, 0.4) is 0 Å². The zero-order valence-corrected chi connectivity index (χ0v) is 14.9. The Hall–Kier alpha value is -2.54. The zero-order valence-electron chi connectivity index (χ0n) is 14.1. The number of amides is 1. The zero-order chi connectivity index (χ0) is 17.3. The predicted molar refractivity (Wildman–Crippen MR) is 93.9 cm³/mol. The Morgan fingerprint density at radius 1 is 1.33 bits per heavy atom. The lowest BCUT2D eigenvalue weighted by atomic mass is 10.1. The summed E-state index contributed by atoms with van der Waals surface area (Å²) in [5.41, 5.74) is 3.85. The third kappa shape index (κ3) is 3.21. The Kier molecular flexibility index (Phi) is 4.44. The number of aryl methyl sites for hydroxylation is 3. The van der Waals surface area contributed by atoms with Gasteiger partial charge in [0.05, 0.1) is 6.04 Å². The molecule has 0 spiro atoms. The smallest absolute Gasteiger partial charge is 0.271 e. The first-order chi connectivity index (χ1) is 11.5. The molecule has 1 amide bonds. The molecule has 3 rings (SSSR count). The molecule has 0 radical (unpaired) electrons. The quantitative estimate of drug-likeness (QED) is 0.791. The van der Waals surface area contributed by atoms with E-state index in [2.05, 4.69) is 46.5 Å².